The predicted octanol–water partition coefficient (Wildman–Crippen LogP) is 2.38. The van der Waals surface area contributed by atoms with Crippen molar-refractivity contribution in [2.45, 2.75) is 75.7 Å². The molecule has 150 valence electrons. The smallest absolute Gasteiger partial charge is 0.251 e. The number of aliphatic hydroxyl groups excluding tert-OH is 2. The van der Waals surface area contributed by atoms with Crippen LogP contribution in [0.5, 0.6) is 0 Å². The number of amides is 1. The summed E-state index contributed by atoms with van der Waals surface area (Å²) in [5, 5.41) is 26.9. The molecule has 2 saturated carbocycles. The molecule has 2 aliphatic rings. The lowest BCUT2D eigenvalue weighted by atomic mass is 9.92. The average molecular weight is 384 g/mol. The number of fused-ring (bicyclic) bond motifs is 1. The lowest BCUT2D eigenvalue weighted by Crippen LogP contribution is -2.45. The zero-order valence-corrected chi connectivity index (χ0v) is 16.0. The molecule has 2 fully saturated rings. The Morgan fingerprint density at radius 3 is 2.61 bits per heavy atom. The van der Waals surface area contributed by atoms with Gasteiger partial charge >= 0.3 is 0 Å². The van der Waals surface area contributed by atoms with Crippen molar-refractivity contribution in [2.24, 2.45) is 0 Å². The molecule has 0 bridgehead atoms. The highest BCUT2D eigenvalue weighted by molar-refractivity contribution is 5.98. The summed E-state index contributed by atoms with van der Waals surface area (Å²) >= 11 is 0. The summed E-state index contributed by atoms with van der Waals surface area (Å²) in [6.07, 6.45) is 8.07. The number of aliphatic hydroxyl groups is 2. The molecule has 2 aliphatic carbocycles. The van der Waals surface area contributed by atoms with Crippen molar-refractivity contribution in [1.29, 1.82) is 0 Å². The molecule has 28 heavy (non-hydrogen) atoms. The van der Waals surface area contributed by atoms with Gasteiger partial charge in [-0.2, -0.15) is 0 Å². The fraction of sp³-hybridized carbons (Fsp3) is 0.571. The maximum Gasteiger partial charge on any atom is 0.251 e. The lowest BCUT2D eigenvalue weighted by Gasteiger charge is -2.28. The van der Waals surface area contributed by atoms with Crippen LogP contribution in [0, 0.1) is 0 Å². The summed E-state index contributed by atoms with van der Waals surface area (Å²) in [5.74, 6) is 0.372. The number of carbonyl (C=O) groups excluding carboxylic acids is 1. The number of carbonyl (C=O) groups is 1. The van der Waals surface area contributed by atoms with Gasteiger partial charge in [-0.3, -0.25) is 4.79 Å². The molecule has 1 heterocycles. The Kier molecular flexibility index (Phi) is 5.73. The minimum Gasteiger partial charge on any atom is -0.393 e. The van der Waals surface area contributed by atoms with E-state index >= 15 is 0 Å². The van der Waals surface area contributed by atoms with E-state index in [1.54, 1.807) is 18.3 Å². The Labute approximate surface area is 164 Å². The summed E-state index contributed by atoms with van der Waals surface area (Å²) in [7, 11) is 0. The van der Waals surface area contributed by atoms with Crippen LogP contribution in [0.25, 0.3) is 10.9 Å². The van der Waals surface area contributed by atoms with Crippen molar-refractivity contribution in [3.63, 3.8) is 0 Å². The molecule has 0 spiro atoms. The highest BCUT2D eigenvalue weighted by Gasteiger charge is 2.25. The number of benzene rings is 1. The minimum atomic E-state index is -0.467. The van der Waals surface area contributed by atoms with Gasteiger partial charge in [0.15, 0.2) is 0 Å². The average Bonchev–Trinajstić information content (AvgIpc) is 2.71. The van der Waals surface area contributed by atoms with E-state index < -0.39 is 6.10 Å². The molecule has 0 radical (unpaired) electrons. The topological polar surface area (TPSA) is 107 Å². The minimum absolute atomic E-state index is 0.178. The maximum atomic E-state index is 12.6. The van der Waals surface area contributed by atoms with E-state index in [1.807, 2.05) is 6.07 Å². The first-order valence-electron chi connectivity index (χ1n) is 10.3. The highest BCUT2D eigenvalue weighted by atomic mass is 16.3. The van der Waals surface area contributed by atoms with E-state index in [2.05, 4.69) is 20.6 Å². The van der Waals surface area contributed by atoms with Gasteiger partial charge in [-0.05, 0) is 50.7 Å². The molecular weight excluding hydrogens is 356 g/mol. The van der Waals surface area contributed by atoms with Gasteiger partial charge in [0, 0.05) is 23.2 Å². The fourth-order valence-corrected chi connectivity index (χ4v) is 4.17. The third kappa shape index (κ3) is 4.42. The quantitative estimate of drug-likeness (QED) is 0.645. The van der Waals surface area contributed by atoms with Crippen LogP contribution in [0.4, 0.5) is 5.95 Å². The normalized spacial score (nSPS) is 28.1. The van der Waals surface area contributed by atoms with E-state index in [0.717, 1.165) is 56.8 Å². The Balaban J connectivity index is 1.47. The molecule has 2 aromatic rings. The van der Waals surface area contributed by atoms with Gasteiger partial charge in [-0.1, -0.05) is 18.9 Å². The van der Waals surface area contributed by atoms with Crippen molar-refractivity contribution in [3.8, 4) is 0 Å². The second-order valence-corrected chi connectivity index (χ2v) is 8.05. The van der Waals surface area contributed by atoms with Crippen LogP contribution in [0.1, 0.15) is 61.7 Å². The highest BCUT2D eigenvalue weighted by Crippen LogP contribution is 2.23. The third-order valence-corrected chi connectivity index (χ3v) is 5.92. The zero-order valence-electron chi connectivity index (χ0n) is 16.0. The van der Waals surface area contributed by atoms with E-state index in [-0.39, 0.29) is 24.1 Å². The Morgan fingerprint density at radius 2 is 1.82 bits per heavy atom. The molecule has 1 aromatic carbocycles. The number of hydrogen-bond donors (Lipinski definition) is 4. The Bertz CT molecular complexity index is 836. The first-order chi connectivity index (χ1) is 13.6. The summed E-state index contributed by atoms with van der Waals surface area (Å²) in [5.41, 5.74) is 1.25. The first kappa shape index (κ1) is 19.1. The largest absolute Gasteiger partial charge is 0.393 e. The molecule has 1 aromatic heterocycles. The number of aromatic nitrogens is 2. The standard InChI is InChI=1S/C21H28N4O3/c26-16-9-7-15(8-10-16)23-21-22-12-14-6-5-13(11-18(14)25-21)20(28)24-17-3-1-2-4-19(17)27/h5-6,11-12,15-17,19,26-27H,1-4,7-10H2,(H,24,28)(H,22,23,25). The van der Waals surface area contributed by atoms with Crippen LogP contribution >= 0.6 is 0 Å². The monoisotopic (exact) mass is 384 g/mol. The van der Waals surface area contributed by atoms with Crippen molar-refractivity contribution in [3.05, 3.63) is 30.0 Å². The zero-order chi connectivity index (χ0) is 19.5. The molecule has 0 aliphatic heterocycles. The molecule has 4 rings (SSSR count). The second kappa shape index (κ2) is 8.41. The third-order valence-electron chi connectivity index (χ3n) is 5.92. The van der Waals surface area contributed by atoms with E-state index in [0.29, 0.717) is 17.0 Å². The van der Waals surface area contributed by atoms with Crippen molar-refractivity contribution in [2.75, 3.05) is 5.32 Å². The number of nitrogens with one attached hydrogen (secondary N) is 2. The molecule has 2 unspecified atom stereocenters. The lowest BCUT2D eigenvalue weighted by molar-refractivity contribution is 0.0717. The fourth-order valence-electron chi connectivity index (χ4n) is 4.17. The van der Waals surface area contributed by atoms with Crippen molar-refractivity contribution < 1.29 is 15.0 Å². The van der Waals surface area contributed by atoms with Crippen molar-refractivity contribution >= 4 is 22.8 Å². The first-order valence-corrected chi connectivity index (χ1v) is 10.3. The van der Waals surface area contributed by atoms with Crippen LogP contribution in [0.15, 0.2) is 24.4 Å². The molecule has 1 amide bonds. The number of hydrogen-bond acceptors (Lipinski definition) is 6. The van der Waals surface area contributed by atoms with E-state index in [4.69, 9.17) is 0 Å². The van der Waals surface area contributed by atoms with Gasteiger partial charge in [-0.25, -0.2) is 9.97 Å². The number of rotatable bonds is 4. The van der Waals surface area contributed by atoms with Gasteiger partial charge in [0.1, 0.15) is 0 Å². The van der Waals surface area contributed by atoms with E-state index in [9.17, 15) is 15.0 Å². The van der Waals surface area contributed by atoms with Gasteiger partial charge < -0.3 is 20.8 Å². The molecular formula is C21H28N4O3. The number of anilines is 1. The predicted molar refractivity (Wildman–Crippen MR) is 107 cm³/mol. The SMILES string of the molecule is O=C(NC1CCCCC1O)c1ccc2cnc(NC3CCC(O)CC3)nc2c1. The summed E-state index contributed by atoms with van der Waals surface area (Å²) in [4.78, 5) is 21.6. The van der Waals surface area contributed by atoms with Crippen LogP contribution in [0.3, 0.4) is 0 Å². The molecule has 7 heteroatoms. The van der Waals surface area contributed by atoms with Gasteiger partial charge in [0.2, 0.25) is 5.95 Å². The van der Waals surface area contributed by atoms with Gasteiger partial charge in [0.05, 0.1) is 23.8 Å². The van der Waals surface area contributed by atoms with Crippen LogP contribution in [-0.2, 0) is 0 Å². The molecule has 7 nitrogen and oxygen atoms in total. The van der Waals surface area contributed by atoms with Gasteiger partial charge in [0.25, 0.3) is 5.91 Å². The maximum absolute atomic E-state index is 12.6. The van der Waals surface area contributed by atoms with Gasteiger partial charge in [-0.15, -0.1) is 0 Å². The molecule has 2 atom stereocenters. The van der Waals surface area contributed by atoms with Crippen LogP contribution in [0.2, 0.25) is 0 Å². The molecule has 4 N–H and O–H groups in total. The summed E-state index contributed by atoms with van der Waals surface area (Å²) < 4.78 is 0. The van der Waals surface area contributed by atoms with Crippen molar-refractivity contribution in [1.82, 2.24) is 15.3 Å². The summed E-state index contributed by atoms with van der Waals surface area (Å²) in [6, 6.07) is 5.48. The Morgan fingerprint density at radius 1 is 1.04 bits per heavy atom. The number of nitrogens with zero attached hydrogens (tertiary/aromatic N) is 2. The van der Waals surface area contributed by atoms with E-state index in [1.165, 1.54) is 0 Å². The summed E-state index contributed by atoms with van der Waals surface area (Å²) in [6.45, 7) is 0. The Hall–Kier alpha value is -2.25. The second-order valence-electron chi connectivity index (χ2n) is 8.05. The molecule has 0 saturated heterocycles. The van der Waals surface area contributed by atoms with Crippen LogP contribution in [-0.4, -0.2) is 50.4 Å². The van der Waals surface area contributed by atoms with Crippen LogP contribution < -0.4 is 10.6 Å².